The maximum absolute atomic E-state index is 12.1. The molecule has 5 atom stereocenters. The summed E-state index contributed by atoms with van der Waals surface area (Å²) in [4.78, 5) is 12.1. The van der Waals surface area contributed by atoms with Gasteiger partial charge in [0.25, 0.3) is 0 Å². The van der Waals surface area contributed by atoms with Gasteiger partial charge >= 0.3 is 5.97 Å². The summed E-state index contributed by atoms with van der Waals surface area (Å²) in [6, 6.07) is 3.60. The van der Waals surface area contributed by atoms with Crippen molar-refractivity contribution in [1.29, 1.82) is 0 Å². The molecule has 1 aliphatic carbocycles. The van der Waals surface area contributed by atoms with Crippen LogP contribution >= 0.6 is 0 Å². The van der Waals surface area contributed by atoms with Crippen LogP contribution in [0.4, 0.5) is 0 Å². The van der Waals surface area contributed by atoms with Gasteiger partial charge in [-0.2, -0.15) is 0 Å². The molecule has 2 aliphatic rings. The Morgan fingerprint density at radius 3 is 2.54 bits per heavy atom. The molecule has 0 spiro atoms. The lowest BCUT2D eigenvalue weighted by Gasteiger charge is -2.40. The van der Waals surface area contributed by atoms with Crippen LogP contribution in [-0.2, 0) is 20.7 Å². The van der Waals surface area contributed by atoms with Crippen LogP contribution in [-0.4, -0.2) is 76.4 Å². The van der Waals surface area contributed by atoms with Gasteiger partial charge in [-0.05, 0) is 56.7 Å². The number of fused-ring (bicyclic) bond motifs is 1. The van der Waals surface area contributed by atoms with E-state index < -0.39 is 37.3 Å². The van der Waals surface area contributed by atoms with E-state index in [-0.39, 0.29) is 37.3 Å². The SMILES string of the molecule is CCOC(=O)CCc1cc2ccoc2c(OC2CCCCC2)c1OC1OC(CO)C(O)C(O)C1O. The lowest BCUT2D eigenvalue weighted by Crippen LogP contribution is -2.60. The van der Waals surface area contributed by atoms with E-state index in [0.717, 1.165) is 37.5 Å². The molecule has 1 saturated heterocycles. The first-order valence-electron chi connectivity index (χ1n) is 12.3. The van der Waals surface area contributed by atoms with Crippen molar-refractivity contribution in [3.63, 3.8) is 0 Å². The molecule has 10 nitrogen and oxygen atoms in total. The van der Waals surface area contributed by atoms with Gasteiger partial charge in [0, 0.05) is 11.8 Å². The molecule has 1 aromatic heterocycles. The van der Waals surface area contributed by atoms with Gasteiger partial charge in [-0.1, -0.05) is 6.42 Å². The number of aryl methyl sites for hydroxylation is 1. The molecule has 194 valence electrons. The van der Waals surface area contributed by atoms with Crippen molar-refractivity contribution in [2.45, 2.75) is 88.7 Å². The van der Waals surface area contributed by atoms with E-state index >= 15 is 0 Å². The standard InChI is InChI=1S/C25H34O10/c1-2-31-18(27)9-8-14-12-15-10-11-32-22(15)24(33-16-6-4-3-5-7-16)23(14)35-25-21(30)20(29)19(28)17(13-26)34-25/h10-12,16-17,19-21,25-26,28-30H,2-9,13H2,1H3. The first-order chi connectivity index (χ1) is 16.9. The maximum Gasteiger partial charge on any atom is 0.306 e. The van der Waals surface area contributed by atoms with Crippen molar-refractivity contribution in [3.8, 4) is 11.5 Å². The number of aliphatic hydroxyl groups excluding tert-OH is 4. The number of carbonyl (C=O) groups excluding carboxylic acids is 1. The van der Waals surface area contributed by atoms with Crippen molar-refractivity contribution < 1.29 is 48.6 Å². The maximum atomic E-state index is 12.1. The highest BCUT2D eigenvalue weighted by molar-refractivity contribution is 5.87. The molecule has 0 radical (unpaired) electrons. The molecule has 0 bridgehead atoms. The number of hydrogen-bond donors (Lipinski definition) is 4. The van der Waals surface area contributed by atoms with E-state index in [1.165, 1.54) is 6.26 Å². The fourth-order valence-corrected chi connectivity index (χ4v) is 4.64. The highest BCUT2D eigenvalue weighted by Crippen LogP contribution is 2.43. The average molecular weight is 495 g/mol. The molecule has 4 rings (SSSR count). The predicted molar refractivity (Wildman–Crippen MR) is 123 cm³/mol. The molecule has 1 aliphatic heterocycles. The summed E-state index contributed by atoms with van der Waals surface area (Å²) in [5.74, 6) is 0.176. The molecule has 2 aromatic rings. The molecule has 5 unspecified atom stereocenters. The van der Waals surface area contributed by atoms with Gasteiger partial charge in [0.15, 0.2) is 11.3 Å². The largest absolute Gasteiger partial charge is 0.483 e. The molecule has 0 amide bonds. The first-order valence-corrected chi connectivity index (χ1v) is 12.3. The van der Waals surface area contributed by atoms with E-state index in [0.29, 0.717) is 16.9 Å². The average Bonchev–Trinajstić information content (AvgIpc) is 3.33. The number of hydrogen-bond acceptors (Lipinski definition) is 10. The quantitative estimate of drug-likeness (QED) is 0.380. The van der Waals surface area contributed by atoms with Crippen molar-refractivity contribution in [2.75, 3.05) is 13.2 Å². The molecule has 1 saturated carbocycles. The lowest BCUT2D eigenvalue weighted by molar-refractivity contribution is -0.277. The van der Waals surface area contributed by atoms with Crippen molar-refractivity contribution >= 4 is 16.9 Å². The number of esters is 1. The third kappa shape index (κ3) is 5.73. The Morgan fingerprint density at radius 2 is 1.83 bits per heavy atom. The highest BCUT2D eigenvalue weighted by Gasteiger charge is 2.45. The third-order valence-electron chi connectivity index (χ3n) is 6.55. The molecular formula is C25H34O10. The molecule has 35 heavy (non-hydrogen) atoms. The van der Waals surface area contributed by atoms with Crippen LogP contribution in [0.3, 0.4) is 0 Å². The molecule has 10 heteroatoms. The Balaban J connectivity index is 1.71. The predicted octanol–water partition coefficient (Wildman–Crippen LogP) is 1.82. The van der Waals surface area contributed by atoms with Crippen LogP contribution in [0, 0.1) is 0 Å². The van der Waals surface area contributed by atoms with E-state index in [4.69, 9.17) is 23.4 Å². The Kier molecular flexibility index (Phi) is 8.51. The summed E-state index contributed by atoms with van der Waals surface area (Å²) < 4.78 is 28.9. The summed E-state index contributed by atoms with van der Waals surface area (Å²) in [5.41, 5.74) is 1.06. The first kappa shape index (κ1) is 25.7. The molecule has 2 heterocycles. The van der Waals surface area contributed by atoms with Crippen LogP contribution in [0.1, 0.15) is 51.0 Å². The van der Waals surface area contributed by atoms with E-state index in [1.54, 1.807) is 13.0 Å². The van der Waals surface area contributed by atoms with E-state index in [2.05, 4.69) is 0 Å². The number of ether oxygens (including phenoxy) is 4. The summed E-state index contributed by atoms with van der Waals surface area (Å²) in [7, 11) is 0. The van der Waals surface area contributed by atoms with E-state index in [9.17, 15) is 25.2 Å². The van der Waals surface area contributed by atoms with Gasteiger partial charge in [0.05, 0.1) is 25.6 Å². The highest BCUT2D eigenvalue weighted by atomic mass is 16.7. The number of furan rings is 1. The fourth-order valence-electron chi connectivity index (χ4n) is 4.64. The van der Waals surface area contributed by atoms with Crippen LogP contribution in [0.2, 0.25) is 0 Å². The van der Waals surface area contributed by atoms with Gasteiger partial charge in [-0.15, -0.1) is 0 Å². The summed E-state index contributed by atoms with van der Waals surface area (Å²) in [6.45, 7) is 1.42. The third-order valence-corrected chi connectivity index (χ3v) is 6.55. The van der Waals surface area contributed by atoms with Crippen molar-refractivity contribution in [3.05, 3.63) is 24.0 Å². The van der Waals surface area contributed by atoms with Gasteiger partial charge in [-0.3, -0.25) is 4.79 Å². The summed E-state index contributed by atoms with van der Waals surface area (Å²) in [6.07, 6.45) is -0.460. The second-order valence-electron chi connectivity index (χ2n) is 9.03. The van der Waals surface area contributed by atoms with Gasteiger partial charge in [-0.25, -0.2) is 0 Å². The van der Waals surface area contributed by atoms with Gasteiger partial charge < -0.3 is 43.8 Å². The van der Waals surface area contributed by atoms with Crippen LogP contribution in [0.15, 0.2) is 22.8 Å². The van der Waals surface area contributed by atoms with Crippen LogP contribution in [0.25, 0.3) is 11.0 Å². The Hall–Kier alpha value is -2.37. The zero-order chi connectivity index (χ0) is 24.9. The Morgan fingerprint density at radius 1 is 1.06 bits per heavy atom. The minimum atomic E-state index is -1.60. The number of carbonyl (C=O) groups is 1. The smallest absolute Gasteiger partial charge is 0.306 e. The second kappa shape index (κ2) is 11.6. The fraction of sp³-hybridized carbons (Fsp3) is 0.640. The van der Waals surface area contributed by atoms with Gasteiger partial charge in [0.2, 0.25) is 12.0 Å². The summed E-state index contributed by atoms with van der Waals surface area (Å²) >= 11 is 0. The summed E-state index contributed by atoms with van der Waals surface area (Å²) in [5, 5.41) is 41.3. The van der Waals surface area contributed by atoms with Crippen LogP contribution in [0.5, 0.6) is 11.5 Å². The van der Waals surface area contributed by atoms with Gasteiger partial charge in [0.1, 0.15) is 24.4 Å². The number of rotatable bonds is 9. The topological polar surface area (TPSA) is 148 Å². The molecule has 1 aromatic carbocycles. The Labute approximate surface area is 203 Å². The van der Waals surface area contributed by atoms with Crippen molar-refractivity contribution in [1.82, 2.24) is 0 Å². The molecule has 2 fully saturated rings. The van der Waals surface area contributed by atoms with Crippen molar-refractivity contribution in [2.24, 2.45) is 0 Å². The number of benzene rings is 1. The van der Waals surface area contributed by atoms with E-state index in [1.807, 2.05) is 6.07 Å². The molecular weight excluding hydrogens is 460 g/mol. The zero-order valence-electron chi connectivity index (χ0n) is 19.8. The normalized spacial score (nSPS) is 27.6. The second-order valence-corrected chi connectivity index (χ2v) is 9.03. The Bertz CT molecular complexity index is 980. The molecule has 4 N–H and O–H groups in total. The zero-order valence-corrected chi connectivity index (χ0v) is 19.8. The lowest BCUT2D eigenvalue weighted by atomic mass is 9.97. The van der Waals surface area contributed by atoms with Crippen LogP contribution < -0.4 is 9.47 Å². The minimum absolute atomic E-state index is 0.0606. The number of aliphatic hydroxyl groups is 4. The monoisotopic (exact) mass is 494 g/mol. The minimum Gasteiger partial charge on any atom is -0.483 e.